The van der Waals surface area contributed by atoms with E-state index >= 15 is 0 Å². The number of aromatic nitrogens is 1. The second-order valence-electron chi connectivity index (χ2n) is 6.08. The topological polar surface area (TPSA) is 92.5 Å². The van der Waals surface area contributed by atoms with Crippen LogP contribution in [0.3, 0.4) is 0 Å². The lowest BCUT2D eigenvalue weighted by Crippen LogP contribution is -2.27. The fourth-order valence-electron chi connectivity index (χ4n) is 2.48. The molecule has 0 saturated heterocycles. The van der Waals surface area contributed by atoms with Gasteiger partial charge in [-0.05, 0) is 44.9 Å². The first-order valence-corrected chi connectivity index (χ1v) is 9.31. The molecule has 0 aliphatic rings. The summed E-state index contributed by atoms with van der Waals surface area (Å²) in [5.74, 6) is 0.420. The Hall–Kier alpha value is -2.19. The minimum Gasteiger partial charge on any atom is -0.361 e. The van der Waals surface area contributed by atoms with Crippen LogP contribution in [-0.2, 0) is 16.4 Å². The van der Waals surface area contributed by atoms with Gasteiger partial charge < -0.3 is 9.84 Å². The van der Waals surface area contributed by atoms with E-state index in [1.54, 1.807) is 19.1 Å². The van der Waals surface area contributed by atoms with E-state index in [9.17, 15) is 13.2 Å². The Kier molecular flexibility index (Phi) is 5.64. The zero-order chi connectivity index (χ0) is 18.8. The lowest BCUT2D eigenvalue weighted by Gasteiger charge is -2.14. The lowest BCUT2D eigenvalue weighted by atomic mass is 10.1. The van der Waals surface area contributed by atoms with E-state index in [2.05, 4.69) is 10.5 Å². The average Bonchev–Trinajstić information content (AvgIpc) is 2.86. The number of amides is 1. The van der Waals surface area contributed by atoms with E-state index in [1.807, 2.05) is 13.8 Å². The van der Waals surface area contributed by atoms with Crippen LogP contribution in [0.5, 0.6) is 0 Å². The Morgan fingerprint density at radius 1 is 1.24 bits per heavy atom. The predicted molar refractivity (Wildman–Crippen MR) is 94.1 cm³/mol. The molecule has 0 saturated carbocycles. The maximum Gasteiger partial charge on any atom is 0.251 e. The highest BCUT2D eigenvalue weighted by Gasteiger charge is 2.21. The molecule has 0 atom stereocenters. The summed E-state index contributed by atoms with van der Waals surface area (Å²) in [7, 11) is -0.671. The molecule has 1 aromatic carbocycles. The third kappa shape index (κ3) is 4.08. The summed E-state index contributed by atoms with van der Waals surface area (Å²) in [6.07, 6.45) is 0.599. The summed E-state index contributed by atoms with van der Waals surface area (Å²) in [5, 5.41) is 6.68. The molecule has 0 spiro atoms. The van der Waals surface area contributed by atoms with E-state index in [0.717, 1.165) is 21.3 Å². The SMILES string of the molecule is Cc1ccc(C(=O)NCCc2c(C)noc2C)cc1S(=O)(=O)N(C)C. The minimum absolute atomic E-state index is 0.135. The van der Waals surface area contributed by atoms with Gasteiger partial charge in [0, 0.05) is 31.8 Å². The molecular weight excluding hydrogens is 342 g/mol. The normalized spacial score (nSPS) is 11.8. The summed E-state index contributed by atoms with van der Waals surface area (Å²) in [6.45, 7) is 5.79. The molecule has 1 N–H and O–H groups in total. The third-order valence-electron chi connectivity index (χ3n) is 4.05. The number of hydrogen-bond acceptors (Lipinski definition) is 5. The molecule has 1 amide bonds. The summed E-state index contributed by atoms with van der Waals surface area (Å²) in [6, 6.07) is 4.67. The fourth-order valence-corrected chi connectivity index (χ4v) is 3.62. The molecule has 8 heteroatoms. The van der Waals surface area contributed by atoms with Gasteiger partial charge in [-0.2, -0.15) is 0 Å². The highest BCUT2D eigenvalue weighted by molar-refractivity contribution is 7.89. The molecule has 0 radical (unpaired) electrons. The Balaban J connectivity index is 2.12. The predicted octanol–water partition coefficient (Wildman–Crippen LogP) is 1.82. The number of nitrogens with one attached hydrogen (secondary N) is 1. The van der Waals surface area contributed by atoms with Gasteiger partial charge in [0.15, 0.2) is 0 Å². The van der Waals surface area contributed by atoms with Crippen LogP contribution in [0.1, 0.15) is 32.9 Å². The van der Waals surface area contributed by atoms with Crippen molar-refractivity contribution in [1.29, 1.82) is 0 Å². The number of rotatable bonds is 6. The van der Waals surface area contributed by atoms with E-state index in [1.165, 1.54) is 20.2 Å². The molecule has 136 valence electrons. The van der Waals surface area contributed by atoms with Crippen LogP contribution in [-0.4, -0.2) is 44.4 Å². The largest absolute Gasteiger partial charge is 0.361 e. The number of hydrogen-bond donors (Lipinski definition) is 1. The molecule has 1 aromatic heterocycles. The number of benzene rings is 1. The van der Waals surface area contributed by atoms with Crippen molar-refractivity contribution in [1.82, 2.24) is 14.8 Å². The van der Waals surface area contributed by atoms with E-state index in [-0.39, 0.29) is 10.8 Å². The number of carbonyl (C=O) groups is 1. The van der Waals surface area contributed by atoms with Gasteiger partial charge in [0.25, 0.3) is 5.91 Å². The van der Waals surface area contributed by atoms with E-state index in [0.29, 0.717) is 24.1 Å². The number of sulfonamides is 1. The molecule has 2 aromatic rings. The van der Waals surface area contributed by atoms with Gasteiger partial charge in [-0.15, -0.1) is 0 Å². The quantitative estimate of drug-likeness (QED) is 0.843. The van der Waals surface area contributed by atoms with Crippen LogP contribution in [0.15, 0.2) is 27.6 Å². The number of carbonyl (C=O) groups excluding carboxylic acids is 1. The second kappa shape index (κ2) is 7.37. The van der Waals surface area contributed by atoms with Crippen molar-refractivity contribution in [2.24, 2.45) is 0 Å². The van der Waals surface area contributed by atoms with Crippen molar-refractivity contribution in [3.63, 3.8) is 0 Å². The van der Waals surface area contributed by atoms with E-state index in [4.69, 9.17) is 4.52 Å². The van der Waals surface area contributed by atoms with Gasteiger partial charge in [-0.25, -0.2) is 12.7 Å². The van der Waals surface area contributed by atoms with Crippen LogP contribution in [0.4, 0.5) is 0 Å². The van der Waals surface area contributed by atoms with Crippen molar-refractivity contribution in [3.8, 4) is 0 Å². The maximum atomic E-state index is 12.3. The molecule has 7 nitrogen and oxygen atoms in total. The van der Waals surface area contributed by atoms with Crippen LogP contribution in [0.25, 0.3) is 0 Å². The summed E-state index contributed by atoms with van der Waals surface area (Å²) in [4.78, 5) is 12.5. The van der Waals surface area contributed by atoms with Crippen molar-refractivity contribution in [2.45, 2.75) is 32.1 Å². The van der Waals surface area contributed by atoms with Gasteiger partial charge in [-0.3, -0.25) is 4.79 Å². The first-order chi connectivity index (χ1) is 11.6. The van der Waals surface area contributed by atoms with Crippen molar-refractivity contribution < 1.29 is 17.7 Å². The Morgan fingerprint density at radius 3 is 2.48 bits per heavy atom. The molecule has 1 heterocycles. The molecular formula is C17H23N3O4S. The maximum absolute atomic E-state index is 12.3. The lowest BCUT2D eigenvalue weighted by molar-refractivity contribution is 0.0954. The first-order valence-electron chi connectivity index (χ1n) is 7.87. The van der Waals surface area contributed by atoms with Crippen LogP contribution in [0.2, 0.25) is 0 Å². The van der Waals surface area contributed by atoms with Crippen molar-refractivity contribution >= 4 is 15.9 Å². The fraction of sp³-hybridized carbons (Fsp3) is 0.412. The highest BCUT2D eigenvalue weighted by atomic mass is 32.2. The van der Waals surface area contributed by atoms with Gasteiger partial charge >= 0.3 is 0 Å². The van der Waals surface area contributed by atoms with Gasteiger partial charge in [0.05, 0.1) is 10.6 Å². The number of aryl methyl sites for hydroxylation is 3. The molecule has 0 fully saturated rings. The Morgan fingerprint density at radius 2 is 1.92 bits per heavy atom. The standard InChI is InChI=1S/C17H23N3O4S/c1-11-6-7-14(10-16(11)25(22,23)20(4)5)17(21)18-9-8-15-12(2)19-24-13(15)3/h6-7,10H,8-9H2,1-5H3,(H,18,21). The van der Waals surface area contributed by atoms with Crippen LogP contribution < -0.4 is 5.32 Å². The first kappa shape index (κ1) is 19.1. The third-order valence-corrected chi connectivity index (χ3v) is 6.01. The monoisotopic (exact) mass is 365 g/mol. The molecule has 25 heavy (non-hydrogen) atoms. The second-order valence-corrected chi connectivity index (χ2v) is 8.20. The van der Waals surface area contributed by atoms with Gasteiger partial charge in [0.2, 0.25) is 10.0 Å². The van der Waals surface area contributed by atoms with Crippen LogP contribution in [0, 0.1) is 20.8 Å². The zero-order valence-corrected chi connectivity index (χ0v) is 15.9. The number of nitrogens with zero attached hydrogens (tertiary/aromatic N) is 2. The average molecular weight is 365 g/mol. The zero-order valence-electron chi connectivity index (χ0n) is 15.1. The highest BCUT2D eigenvalue weighted by Crippen LogP contribution is 2.20. The van der Waals surface area contributed by atoms with Crippen molar-refractivity contribution in [3.05, 3.63) is 46.3 Å². The van der Waals surface area contributed by atoms with E-state index < -0.39 is 10.0 Å². The molecule has 0 bridgehead atoms. The summed E-state index contributed by atoms with van der Waals surface area (Å²) < 4.78 is 30.9. The van der Waals surface area contributed by atoms with Gasteiger partial charge in [-0.1, -0.05) is 11.2 Å². The Bertz CT molecular complexity index is 866. The summed E-state index contributed by atoms with van der Waals surface area (Å²) >= 11 is 0. The molecule has 0 aliphatic carbocycles. The van der Waals surface area contributed by atoms with Crippen LogP contribution >= 0.6 is 0 Å². The van der Waals surface area contributed by atoms with Crippen molar-refractivity contribution in [2.75, 3.05) is 20.6 Å². The minimum atomic E-state index is -3.60. The summed E-state index contributed by atoms with van der Waals surface area (Å²) in [5.41, 5.74) is 2.69. The smallest absolute Gasteiger partial charge is 0.251 e. The molecule has 0 unspecified atom stereocenters. The molecule has 0 aliphatic heterocycles. The Labute approximate surface area is 148 Å². The molecule has 2 rings (SSSR count). The van der Waals surface area contributed by atoms with Gasteiger partial charge in [0.1, 0.15) is 5.76 Å².